The van der Waals surface area contributed by atoms with Crippen LogP contribution in [0.3, 0.4) is 0 Å². The van der Waals surface area contributed by atoms with Gasteiger partial charge in [-0.3, -0.25) is 0 Å². The molecule has 1 aromatic heterocycles. The van der Waals surface area contributed by atoms with Crippen LogP contribution >= 0.6 is 0 Å². The van der Waals surface area contributed by atoms with E-state index in [0.29, 0.717) is 11.3 Å². The number of rotatable bonds is 10. The fourth-order valence-electron chi connectivity index (χ4n) is 3.83. The summed E-state index contributed by atoms with van der Waals surface area (Å²) in [6.45, 7) is 5.05. The number of sulfonamides is 1. The van der Waals surface area contributed by atoms with Crippen molar-refractivity contribution in [2.45, 2.75) is 44.4 Å². The van der Waals surface area contributed by atoms with E-state index in [1.165, 1.54) is 22.5 Å². The second-order valence-corrected chi connectivity index (χ2v) is 11.8. The Bertz CT molecular complexity index is 1520. The maximum atomic E-state index is 14.0. The molecule has 0 spiro atoms. The minimum Gasteiger partial charge on any atom is -0.482 e. The Hall–Kier alpha value is -4.02. The highest BCUT2D eigenvalue weighted by atomic mass is 32.2. The third-order valence-corrected chi connectivity index (χ3v) is 7.32. The van der Waals surface area contributed by atoms with E-state index in [-0.39, 0.29) is 24.6 Å². The number of nitrogens with zero attached hydrogens (tertiary/aromatic N) is 3. The lowest BCUT2D eigenvalue weighted by atomic mass is 10.2. The number of esters is 1. The third kappa shape index (κ3) is 7.75. The normalized spacial score (nSPS) is 11.9. The molecule has 0 aliphatic heterocycles. The molecule has 0 amide bonds. The average molecular weight is 552 g/mol. The fourth-order valence-corrected chi connectivity index (χ4v) is 5.28. The Morgan fingerprint density at radius 1 is 0.949 bits per heavy atom. The van der Waals surface area contributed by atoms with Gasteiger partial charge in [0.1, 0.15) is 17.2 Å². The van der Waals surface area contributed by atoms with E-state index in [1.54, 1.807) is 55.9 Å². The van der Waals surface area contributed by atoms with Gasteiger partial charge in [-0.1, -0.05) is 30.3 Å². The van der Waals surface area contributed by atoms with E-state index in [2.05, 4.69) is 5.10 Å². The van der Waals surface area contributed by atoms with Gasteiger partial charge < -0.3 is 9.47 Å². The molecule has 4 rings (SSSR count). The van der Waals surface area contributed by atoms with Crippen molar-refractivity contribution < 1.29 is 27.1 Å². The zero-order valence-corrected chi connectivity index (χ0v) is 22.8. The highest BCUT2D eigenvalue weighted by Crippen LogP contribution is 2.24. The molecule has 204 valence electrons. The topological polar surface area (TPSA) is 90.7 Å². The molecule has 10 heteroatoms. The molecule has 39 heavy (non-hydrogen) atoms. The molecule has 0 N–H and O–H groups in total. The highest BCUT2D eigenvalue weighted by molar-refractivity contribution is 7.89. The van der Waals surface area contributed by atoms with Crippen molar-refractivity contribution in [3.8, 4) is 11.4 Å². The van der Waals surface area contributed by atoms with Crippen molar-refractivity contribution in [3.63, 3.8) is 0 Å². The zero-order valence-electron chi connectivity index (χ0n) is 22.0. The molecular weight excluding hydrogens is 521 g/mol. The first kappa shape index (κ1) is 28.0. The first-order chi connectivity index (χ1) is 18.5. The van der Waals surface area contributed by atoms with Crippen molar-refractivity contribution in [2.75, 3.05) is 6.61 Å². The molecule has 0 unspecified atom stereocenters. The lowest BCUT2D eigenvalue weighted by molar-refractivity contribution is -0.157. The summed E-state index contributed by atoms with van der Waals surface area (Å²) in [5.41, 5.74) is 1.57. The summed E-state index contributed by atoms with van der Waals surface area (Å²) in [6, 6.07) is 20.9. The maximum absolute atomic E-state index is 14.0. The monoisotopic (exact) mass is 551 g/mol. The van der Waals surface area contributed by atoms with Crippen LogP contribution in [0.5, 0.6) is 5.75 Å². The van der Waals surface area contributed by atoms with E-state index >= 15 is 0 Å². The first-order valence-corrected chi connectivity index (χ1v) is 13.7. The van der Waals surface area contributed by atoms with Gasteiger partial charge in [0, 0.05) is 25.5 Å². The second kappa shape index (κ2) is 11.8. The second-order valence-electron chi connectivity index (χ2n) is 9.87. The van der Waals surface area contributed by atoms with Crippen molar-refractivity contribution in [1.82, 2.24) is 14.1 Å². The van der Waals surface area contributed by atoms with Gasteiger partial charge in [0.25, 0.3) is 0 Å². The van der Waals surface area contributed by atoms with Crippen LogP contribution in [-0.4, -0.2) is 40.7 Å². The molecule has 0 radical (unpaired) electrons. The van der Waals surface area contributed by atoms with Crippen LogP contribution in [0.15, 0.2) is 96.2 Å². The lowest BCUT2D eigenvalue weighted by Gasteiger charge is -2.23. The quantitative estimate of drug-likeness (QED) is 0.254. The van der Waals surface area contributed by atoms with Crippen molar-refractivity contribution in [2.24, 2.45) is 0 Å². The number of carbonyl (C=O) groups excluding carboxylic acids is 1. The number of ether oxygens (including phenoxy) is 2. The Morgan fingerprint density at radius 3 is 2.33 bits per heavy atom. The van der Waals surface area contributed by atoms with Crippen LogP contribution < -0.4 is 4.74 Å². The maximum Gasteiger partial charge on any atom is 0.344 e. The SMILES string of the molecule is CC(C)(C)OC(=O)COc1cccc(CN(Cc2ccc(-n3cccn3)cc2)S(=O)(=O)c2cccc(F)c2)c1. The van der Waals surface area contributed by atoms with Crippen LogP contribution in [-0.2, 0) is 32.6 Å². The predicted octanol–water partition coefficient (Wildman–Crippen LogP) is 5.12. The molecule has 0 bridgehead atoms. The molecule has 0 saturated heterocycles. The number of halogens is 1. The number of aromatic nitrogens is 2. The number of carbonyl (C=O) groups is 1. The summed E-state index contributed by atoms with van der Waals surface area (Å²) in [7, 11) is -4.07. The van der Waals surface area contributed by atoms with Crippen molar-refractivity contribution in [1.29, 1.82) is 0 Å². The zero-order chi connectivity index (χ0) is 28.0. The average Bonchev–Trinajstić information content (AvgIpc) is 3.42. The van der Waals surface area contributed by atoms with E-state index < -0.39 is 27.4 Å². The summed E-state index contributed by atoms with van der Waals surface area (Å²) in [5.74, 6) is -0.760. The minimum absolute atomic E-state index is 0.0105. The number of benzene rings is 3. The van der Waals surface area contributed by atoms with Gasteiger partial charge in [-0.2, -0.15) is 9.40 Å². The van der Waals surface area contributed by atoms with Gasteiger partial charge in [-0.25, -0.2) is 22.3 Å². The van der Waals surface area contributed by atoms with Gasteiger partial charge in [0.15, 0.2) is 6.61 Å². The summed E-state index contributed by atoms with van der Waals surface area (Å²) >= 11 is 0. The molecule has 4 aromatic rings. The summed E-state index contributed by atoms with van der Waals surface area (Å²) in [5, 5.41) is 4.21. The molecule has 1 heterocycles. The molecule has 0 atom stereocenters. The van der Waals surface area contributed by atoms with E-state index in [4.69, 9.17) is 9.47 Å². The van der Waals surface area contributed by atoms with Gasteiger partial charge in [-0.05, 0) is 80.4 Å². The third-order valence-electron chi connectivity index (χ3n) is 5.53. The standard InChI is InChI=1S/C29H30FN3O5S/c1-29(2,3)38-28(34)21-37-26-9-4-7-23(17-26)20-32(39(35,36)27-10-5-8-24(30)18-27)19-22-11-13-25(14-12-22)33-16-6-15-31-33/h4-18H,19-21H2,1-3H3. The van der Waals surface area contributed by atoms with E-state index in [1.807, 2.05) is 36.5 Å². The summed E-state index contributed by atoms with van der Waals surface area (Å²) in [4.78, 5) is 11.9. The molecular formula is C29H30FN3O5S. The highest BCUT2D eigenvalue weighted by Gasteiger charge is 2.26. The van der Waals surface area contributed by atoms with Gasteiger partial charge in [0.05, 0.1) is 10.6 Å². The van der Waals surface area contributed by atoms with Crippen LogP contribution in [0.25, 0.3) is 5.69 Å². The van der Waals surface area contributed by atoms with Crippen molar-refractivity contribution in [3.05, 3.63) is 108 Å². The smallest absolute Gasteiger partial charge is 0.344 e. The Balaban J connectivity index is 1.57. The summed E-state index contributed by atoms with van der Waals surface area (Å²) < 4.78 is 55.1. The molecule has 0 aliphatic carbocycles. The molecule has 0 aliphatic rings. The van der Waals surface area contributed by atoms with Crippen molar-refractivity contribution >= 4 is 16.0 Å². The van der Waals surface area contributed by atoms with Crippen LogP contribution in [0.1, 0.15) is 31.9 Å². The van der Waals surface area contributed by atoms with Crippen LogP contribution in [0.4, 0.5) is 4.39 Å². The first-order valence-electron chi connectivity index (χ1n) is 12.3. The number of hydrogen-bond donors (Lipinski definition) is 0. The van der Waals surface area contributed by atoms with Gasteiger partial charge in [0.2, 0.25) is 10.0 Å². The Labute approximate surface area is 227 Å². The van der Waals surface area contributed by atoms with E-state index in [0.717, 1.165) is 17.3 Å². The fraction of sp³-hybridized carbons (Fsp3) is 0.241. The van der Waals surface area contributed by atoms with Gasteiger partial charge in [-0.15, -0.1) is 0 Å². The van der Waals surface area contributed by atoms with Crippen LogP contribution in [0, 0.1) is 5.82 Å². The molecule has 8 nitrogen and oxygen atoms in total. The predicted molar refractivity (Wildman–Crippen MR) is 144 cm³/mol. The lowest BCUT2D eigenvalue weighted by Crippen LogP contribution is -2.30. The molecule has 0 fully saturated rings. The number of hydrogen-bond acceptors (Lipinski definition) is 6. The summed E-state index contributed by atoms with van der Waals surface area (Å²) in [6.07, 6.45) is 3.49. The van der Waals surface area contributed by atoms with E-state index in [9.17, 15) is 17.6 Å². The Morgan fingerprint density at radius 2 is 1.67 bits per heavy atom. The van der Waals surface area contributed by atoms with Gasteiger partial charge >= 0.3 is 5.97 Å². The largest absolute Gasteiger partial charge is 0.482 e. The molecule has 3 aromatic carbocycles. The Kier molecular flexibility index (Phi) is 8.47. The van der Waals surface area contributed by atoms with Crippen LogP contribution in [0.2, 0.25) is 0 Å². The molecule has 0 saturated carbocycles. The minimum atomic E-state index is -4.07.